The van der Waals surface area contributed by atoms with Crippen molar-refractivity contribution < 1.29 is 0 Å². The van der Waals surface area contributed by atoms with Gasteiger partial charge in [-0.2, -0.15) is 0 Å². The van der Waals surface area contributed by atoms with Crippen LogP contribution in [0.25, 0.3) is 0 Å². The molecule has 0 amide bonds. The number of hydrogen-bond acceptors (Lipinski definition) is 1. The van der Waals surface area contributed by atoms with Gasteiger partial charge in [0.2, 0.25) is 0 Å². The van der Waals surface area contributed by atoms with Gasteiger partial charge in [0.25, 0.3) is 0 Å². The lowest BCUT2D eigenvalue weighted by Crippen LogP contribution is -1.97. The molecule has 0 aliphatic heterocycles. The first-order valence-electron chi connectivity index (χ1n) is 5.05. The van der Waals surface area contributed by atoms with Gasteiger partial charge in [-0.3, -0.25) is 4.98 Å². The van der Waals surface area contributed by atoms with E-state index in [4.69, 9.17) is 11.6 Å². The highest BCUT2D eigenvalue weighted by Crippen LogP contribution is 2.25. The molecule has 2 aromatic rings. The second kappa shape index (κ2) is 5.46. The van der Waals surface area contributed by atoms with E-state index in [-0.39, 0.29) is 5.38 Å². The van der Waals surface area contributed by atoms with Crippen LogP contribution in [0.2, 0.25) is 0 Å². The molecular formula is C13H11BrClN. The quantitative estimate of drug-likeness (QED) is 0.767. The van der Waals surface area contributed by atoms with Crippen molar-refractivity contribution in [2.24, 2.45) is 0 Å². The molecule has 1 atom stereocenters. The van der Waals surface area contributed by atoms with E-state index in [0.29, 0.717) is 0 Å². The normalized spacial score (nSPS) is 12.4. The summed E-state index contributed by atoms with van der Waals surface area (Å²) < 4.78 is 1.07. The molecule has 1 aromatic heterocycles. The Hall–Kier alpha value is -0.860. The van der Waals surface area contributed by atoms with Gasteiger partial charge in [0, 0.05) is 22.8 Å². The first-order valence-corrected chi connectivity index (χ1v) is 6.28. The molecular weight excluding hydrogens is 286 g/mol. The van der Waals surface area contributed by atoms with Crippen LogP contribution in [-0.4, -0.2) is 4.98 Å². The highest BCUT2D eigenvalue weighted by Gasteiger charge is 2.09. The Labute approximate surface area is 109 Å². The monoisotopic (exact) mass is 295 g/mol. The molecule has 2 rings (SSSR count). The average molecular weight is 297 g/mol. The van der Waals surface area contributed by atoms with Crippen LogP contribution in [0, 0.1) is 0 Å². The third-order valence-electron chi connectivity index (χ3n) is 2.35. The highest BCUT2D eigenvalue weighted by molar-refractivity contribution is 9.10. The summed E-state index contributed by atoms with van der Waals surface area (Å²) in [6.45, 7) is 0. The maximum absolute atomic E-state index is 6.34. The third kappa shape index (κ3) is 3.06. The molecule has 1 nitrogen and oxygen atoms in total. The Balaban J connectivity index is 2.09. The fraction of sp³-hybridized carbons (Fsp3) is 0.154. The van der Waals surface area contributed by atoms with Crippen LogP contribution < -0.4 is 0 Å². The predicted molar refractivity (Wildman–Crippen MR) is 70.7 cm³/mol. The van der Waals surface area contributed by atoms with Crippen molar-refractivity contribution in [2.45, 2.75) is 11.8 Å². The summed E-state index contributed by atoms with van der Waals surface area (Å²) in [5.74, 6) is 0. The highest BCUT2D eigenvalue weighted by atomic mass is 79.9. The van der Waals surface area contributed by atoms with Crippen LogP contribution >= 0.6 is 27.5 Å². The lowest BCUT2D eigenvalue weighted by Gasteiger charge is -2.09. The summed E-state index contributed by atoms with van der Waals surface area (Å²) in [5.41, 5.74) is 2.14. The van der Waals surface area contributed by atoms with Crippen LogP contribution in [0.15, 0.2) is 53.1 Å². The molecule has 0 spiro atoms. The SMILES string of the molecule is ClC(Cc1ccccn1)c1ccc(Br)cc1. The van der Waals surface area contributed by atoms with Crippen LogP contribution in [0.4, 0.5) is 0 Å². The van der Waals surface area contributed by atoms with Crippen molar-refractivity contribution in [1.29, 1.82) is 0 Å². The van der Waals surface area contributed by atoms with Gasteiger partial charge in [0.15, 0.2) is 0 Å². The number of nitrogens with zero attached hydrogens (tertiary/aromatic N) is 1. The molecule has 0 bridgehead atoms. The third-order valence-corrected chi connectivity index (χ3v) is 3.28. The van der Waals surface area contributed by atoms with E-state index in [1.54, 1.807) is 6.20 Å². The molecule has 0 aliphatic carbocycles. The molecule has 0 fully saturated rings. The predicted octanol–water partition coefficient (Wildman–Crippen LogP) is 4.37. The lowest BCUT2D eigenvalue weighted by atomic mass is 10.1. The van der Waals surface area contributed by atoms with E-state index in [9.17, 15) is 0 Å². The van der Waals surface area contributed by atoms with Crippen molar-refractivity contribution in [3.8, 4) is 0 Å². The number of pyridine rings is 1. The van der Waals surface area contributed by atoms with Gasteiger partial charge in [0.05, 0.1) is 5.38 Å². The van der Waals surface area contributed by atoms with E-state index < -0.39 is 0 Å². The summed E-state index contributed by atoms with van der Waals surface area (Å²) in [7, 11) is 0. The van der Waals surface area contributed by atoms with Crippen molar-refractivity contribution in [2.75, 3.05) is 0 Å². The van der Waals surface area contributed by atoms with Gasteiger partial charge in [-0.15, -0.1) is 11.6 Å². The van der Waals surface area contributed by atoms with Gasteiger partial charge in [-0.1, -0.05) is 34.1 Å². The van der Waals surface area contributed by atoms with Crippen LogP contribution in [0.5, 0.6) is 0 Å². The Morgan fingerprint density at radius 1 is 1.12 bits per heavy atom. The summed E-state index contributed by atoms with van der Waals surface area (Å²) in [5, 5.41) is -0.0250. The van der Waals surface area contributed by atoms with Crippen molar-refractivity contribution in [3.05, 3.63) is 64.4 Å². The van der Waals surface area contributed by atoms with Crippen LogP contribution in [0.1, 0.15) is 16.6 Å². The van der Waals surface area contributed by atoms with Gasteiger partial charge in [0.1, 0.15) is 0 Å². The van der Waals surface area contributed by atoms with E-state index in [2.05, 4.69) is 20.9 Å². The molecule has 82 valence electrons. The number of benzene rings is 1. The van der Waals surface area contributed by atoms with E-state index in [1.807, 2.05) is 42.5 Å². The number of rotatable bonds is 3. The molecule has 0 aliphatic rings. The molecule has 0 radical (unpaired) electrons. The second-order valence-corrected chi connectivity index (χ2v) is 4.99. The maximum atomic E-state index is 6.34. The van der Waals surface area contributed by atoms with Crippen molar-refractivity contribution in [1.82, 2.24) is 4.98 Å². The molecule has 1 heterocycles. The minimum absolute atomic E-state index is 0.0250. The smallest absolute Gasteiger partial charge is 0.0640 e. The van der Waals surface area contributed by atoms with Gasteiger partial charge >= 0.3 is 0 Å². The molecule has 1 aromatic carbocycles. The summed E-state index contributed by atoms with van der Waals surface area (Å²) in [6.07, 6.45) is 2.55. The largest absolute Gasteiger partial charge is 0.261 e. The topological polar surface area (TPSA) is 12.9 Å². The fourth-order valence-electron chi connectivity index (χ4n) is 1.49. The summed E-state index contributed by atoms with van der Waals surface area (Å²) in [4.78, 5) is 4.27. The first-order chi connectivity index (χ1) is 7.75. The average Bonchev–Trinajstić information content (AvgIpc) is 2.31. The molecule has 3 heteroatoms. The Bertz CT molecular complexity index is 441. The van der Waals surface area contributed by atoms with E-state index in [1.165, 1.54) is 0 Å². The maximum Gasteiger partial charge on any atom is 0.0640 e. The second-order valence-electron chi connectivity index (χ2n) is 3.54. The Kier molecular flexibility index (Phi) is 3.97. The Morgan fingerprint density at radius 3 is 2.50 bits per heavy atom. The molecule has 0 saturated carbocycles. The zero-order chi connectivity index (χ0) is 11.4. The number of halogens is 2. The number of hydrogen-bond donors (Lipinski definition) is 0. The van der Waals surface area contributed by atoms with Crippen LogP contribution in [-0.2, 0) is 6.42 Å². The van der Waals surface area contributed by atoms with E-state index >= 15 is 0 Å². The van der Waals surface area contributed by atoms with Crippen molar-refractivity contribution in [3.63, 3.8) is 0 Å². The molecule has 1 unspecified atom stereocenters. The summed E-state index contributed by atoms with van der Waals surface area (Å²) in [6, 6.07) is 14.0. The number of alkyl halides is 1. The number of aromatic nitrogens is 1. The zero-order valence-corrected chi connectivity index (χ0v) is 10.9. The standard InChI is InChI=1S/C13H11BrClN/c14-11-6-4-10(5-7-11)13(15)9-12-3-1-2-8-16-12/h1-8,13H,9H2. The fourth-order valence-corrected chi connectivity index (χ4v) is 2.06. The lowest BCUT2D eigenvalue weighted by molar-refractivity contribution is 0.881. The molecule has 16 heavy (non-hydrogen) atoms. The van der Waals surface area contributed by atoms with Crippen LogP contribution in [0.3, 0.4) is 0 Å². The Morgan fingerprint density at radius 2 is 1.88 bits per heavy atom. The van der Waals surface area contributed by atoms with Gasteiger partial charge in [-0.25, -0.2) is 0 Å². The van der Waals surface area contributed by atoms with Crippen molar-refractivity contribution >= 4 is 27.5 Å². The summed E-state index contributed by atoms with van der Waals surface area (Å²) >= 11 is 9.74. The minimum Gasteiger partial charge on any atom is -0.261 e. The molecule has 0 saturated heterocycles. The van der Waals surface area contributed by atoms with E-state index in [0.717, 1.165) is 22.2 Å². The molecule has 0 N–H and O–H groups in total. The first kappa shape index (κ1) is 11.6. The zero-order valence-electron chi connectivity index (χ0n) is 8.61. The van der Waals surface area contributed by atoms with Gasteiger partial charge in [-0.05, 0) is 29.8 Å². The van der Waals surface area contributed by atoms with Gasteiger partial charge < -0.3 is 0 Å². The minimum atomic E-state index is -0.0250.